The highest BCUT2D eigenvalue weighted by Gasteiger charge is 2.05. The zero-order valence-corrected chi connectivity index (χ0v) is 13.7. The van der Waals surface area contributed by atoms with Crippen LogP contribution in [0.5, 0.6) is 5.88 Å². The topological polar surface area (TPSA) is 76.4 Å². The minimum absolute atomic E-state index is 0.602. The number of guanidine groups is 1. The lowest BCUT2D eigenvalue weighted by Crippen LogP contribution is -2.37. The van der Waals surface area contributed by atoms with E-state index in [0.717, 1.165) is 31.0 Å². The molecule has 23 heavy (non-hydrogen) atoms. The minimum atomic E-state index is 0.602. The number of hydrogen-bond donors (Lipinski definition) is 2. The van der Waals surface area contributed by atoms with Gasteiger partial charge in [0.1, 0.15) is 0 Å². The highest BCUT2D eigenvalue weighted by molar-refractivity contribution is 5.79. The van der Waals surface area contributed by atoms with Crippen LogP contribution in [0.15, 0.2) is 41.8 Å². The van der Waals surface area contributed by atoms with Crippen LogP contribution >= 0.6 is 0 Å². The summed E-state index contributed by atoms with van der Waals surface area (Å²) >= 11 is 0. The number of ether oxygens (including phenoxy) is 1. The van der Waals surface area contributed by atoms with Crippen LogP contribution < -0.4 is 15.4 Å². The van der Waals surface area contributed by atoms with Crippen LogP contribution in [0, 0.1) is 0 Å². The van der Waals surface area contributed by atoms with Crippen molar-refractivity contribution >= 4 is 5.96 Å². The van der Waals surface area contributed by atoms with Crippen LogP contribution in [0.3, 0.4) is 0 Å². The van der Waals surface area contributed by atoms with E-state index in [1.807, 2.05) is 36.0 Å². The molecule has 0 atom stereocenters. The van der Waals surface area contributed by atoms with Crippen molar-refractivity contribution in [2.75, 3.05) is 20.2 Å². The third kappa shape index (κ3) is 5.61. The number of nitrogens with zero attached hydrogens (tertiary/aromatic N) is 4. The maximum Gasteiger partial charge on any atom is 0.218 e. The molecular weight excluding hydrogens is 292 g/mol. The maximum atomic E-state index is 5.52. The van der Waals surface area contributed by atoms with Gasteiger partial charge in [0.2, 0.25) is 5.88 Å². The van der Waals surface area contributed by atoms with E-state index in [2.05, 4.69) is 25.7 Å². The van der Waals surface area contributed by atoms with Crippen LogP contribution in [0.2, 0.25) is 0 Å². The molecule has 2 heterocycles. The molecule has 0 fully saturated rings. The quantitative estimate of drug-likeness (QED) is 0.438. The Morgan fingerprint density at radius 2 is 2.22 bits per heavy atom. The molecule has 0 aromatic carbocycles. The van der Waals surface area contributed by atoms with Gasteiger partial charge in [-0.25, -0.2) is 4.98 Å². The number of aryl methyl sites for hydroxylation is 1. The maximum absolute atomic E-state index is 5.52. The molecule has 2 rings (SSSR count). The Bertz CT molecular complexity index is 596. The van der Waals surface area contributed by atoms with Gasteiger partial charge in [0.05, 0.1) is 6.61 Å². The second-order valence-corrected chi connectivity index (χ2v) is 4.88. The standard InChI is InChI=1S/C16H24N6O/c1-3-23-15-14(7-4-8-18-15)13-20-16(17-2)19-9-5-11-22-12-6-10-21-22/h4,6-8,10,12H,3,5,9,11,13H2,1-2H3,(H2,17,19,20). The summed E-state index contributed by atoms with van der Waals surface area (Å²) in [5, 5.41) is 10.7. The van der Waals surface area contributed by atoms with Gasteiger partial charge in [0.25, 0.3) is 0 Å². The van der Waals surface area contributed by atoms with E-state index in [0.29, 0.717) is 19.0 Å². The highest BCUT2D eigenvalue weighted by atomic mass is 16.5. The van der Waals surface area contributed by atoms with E-state index in [4.69, 9.17) is 4.74 Å². The van der Waals surface area contributed by atoms with Crippen LogP contribution in [0.4, 0.5) is 0 Å². The van der Waals surface area contributed by atoms with Gasteiger partial charge in [0, 0.05) is 50.8 Å². The molecule has 7 nitrogen and oxygen atoms in total. The molecule has 2 aromatic rings. The van der Waals surface area contributed by atoms with E-state index < -0.39 is 0 Å². The van der Waals surface area contributed by atoms with Crippen molar-refractivity contribution in [1.29, 1.82) is 0 Å². The van der Waals surface area contributed by atoms with E-state index in [1.165, 1.54) is 0 Å². The van der Waals surface area contributed by atoms with E-state index in [-0.39, 0.29) is 0 Å². The Labute approximate surface area is 136 Å². The van der Waals surface area contributed by atoms with Crippen molar-refractivity contribution < 1.29 is 4.74 Å². The van der Waals surface area contributed by atoms with Crippen molar-refractivity contribution in [3.63, 3.8) is 0 Å². The van der Waals surface area contributed by atoms with Gasteiger partial charge in [0.15, 0.2) is 5.96 Å². The first kappa shape index (κ1) is 16.8. The third-order valence-corrected chi connectivity index (χ3v) is 3.22. The summed E-state index contributed by atoms with van der Waals surface area (Å²) in [6.45, 7) is 4.87. The molecule has 0 spiro atoms. The monoisotopic (exact) mass is 316 g/mol. The minimum Gasteiger partial charge on any atom is -0.478 e. The Hall–Kier alpha value is -2.57. The van der Waals surface area contributed by atoms with Gasteiger partial charge in [-0.2, -0.15) is 5.10 Å². The fourth-order valence-electron chi connectivity index (χ4n) is 2.11. The smallest absolute Gasteiger partial charge is 0.218 e. The van der Waals surface area contributed by atoms with Gasteiger partial charge < -0.3 is 15.4 Å². The van der Waals surface area contributed by atoms with Crippen LogP contribution in [0.1, 0.15) is 18.9 Å². The Kier molecular flexibility index (Phi) is 6.90. The lowest BCUT2D eigenvalue weighted by Gasteiger charge is -2.13. The molecule has 0 radical (unpaired) electrons. The van der Waals surface area contributed by atoms with Gasteiger partial charge in [-0.05, 0) is 25.5 Å². The zero-order chi connectivity index (χ0) is 16.3. The van der Waals surface area contributed by atoms with Crippen LogP contribution in [-0.2, 0) is 13.1 Å². The fraction of sp³-hybridized carbons (Fsp3) is 0.438. The summed E-state index contributed by atoms with van der Waals surface area (Å²) in [6, 6.07) is 5.83. The van der Waals surface area contributed by atoms with Gasteiger partial charge in [-0.3, -0.25) is 9.67 Å². The molecule has 0 unspecified atom stereocenters. The predicted octanol–water partition coefficient (Wildman–Crippen LogP) is 1.43. The summed E-state index contributed by atoms with van der Waals surface area (Å²) in [5.41, 5.74) is 1.01. The number of aliphatic imine (C=N–C) groups is 1. The third-order valence-electron chi connectivity index (χ3n) is 3.22. The van der Waals surface area contributed by atoms with Gasteiger partial charge in [-0.15, -0.1) is 0 Å². The Morgan fingerprint density at radius 3 is 2.96 bits per heavy atom. The molecule has 0 amide bonds. The molecule has 0 bridgehead atoms. The Balaban J connectivity index is 1.74. The molecule has 0 saturated carbocycles. The average Bonchev–Trinajstić information content (AvgIpc) is 3.09. The van der Waals surface area contributed by atoms with E-state index >= 15 is 0 Å². The number of hydrogen-bond acceptors (Lipinski definition) is 4. The summed E-state index contributed by atoms with van der Waals surface area (Å²) in [7, 11) is 1.76. The van der Waals surface area contributed by atoms with Crippen molar-refractivity contribution in [2.24, 2.45) is 4.99 Å². The normalized spacial score (nSPS) is 11.3. The van der Waals surface area contributed by atoms with Crippen LogP contribution in [0.25, 0.3) is 0 Å². The summed E-state index contributed by atoms with van der Waals surface area (Å²) < 4.78 is 7.44. The van der Waals surface area contributed by atoms with E-state index in [9.17, 15) is 0 Å². The highest BCUT2D eigenvalue weighted by Crippen LogP contribution is 2.13. The molecule has 0 aliphatic rings. The molecule has 0 aliphatic heterocycles. The second-order valence-electron chi connectivity index (χ2n) is 4.88. The largest absolute Gasteiger partial charge is 0.478 e. The van der Waals surface area contributed by atoms with Crippen LogP contribution in [-0.4, -0.2) is 40.9 Å². The van der Waals surface area contributed by atoms with Crippen molar-refractivity contribution in [2.45, 2.75) is 26.4 Å². The first-order chi connectivity index (χ1) is 11.3. The molecule has 124 valence electrons. The van der Waals surface area contributed by atoms with Crippen molar-refractivity contribution in [3.8, 4) is 5.88 Å². The fourth-order valence-corrected chi connectivity index (χ4v) is 2.11. The number of pyridine rings is 1. The number of nitrogens with one attached hydrogen (secondary N) is 2. The lowest BCUT2D eigenvalue weighted by molar-refractivity contribution is 0.322. The molecule has 2 aromatic heterocycles. The average molecular weight is 316 g/mol. The first-order valence-corrected chi connectivity index (χ1v) is 7.82. The summed E-state index contributed by atoms with van der Waals surface area (Å²) in [6.07, 6.45) is 6.46. The zero-order valence-electron chi connectivity index (χ0n) is 13.7. The predicted molar refractivity (Wildman–Crippen MR) is 90.5 cm³/mol. The first-order valence-electron chi connectivity index (χ1n) is 7.82. The molecule has 2 N–H and O–H groups in total. The molecule has 7 heteroatoms. The number of rotatable bonds is 8. The molecule has 0 saturated heterocycles. The van der Waals surface area contributed by atoms with Gasteiger partial charge >= 0.3 is 0 Å². The molecule has 0 aliphatic carbocycles. The molecular formula is C16H24N6O. The lowest BCUT2D eigenvalue weighted by atomic mass is 10.2. The summed E-state index contributed by atoms with van der Waals surface area (Å²) in [4.78, 5) is 8.47. The van der Waals surface area contributed by atoms with Gasteiger partial charge in [-0.1, -0.05) is 6.07 Å². The Morgan fingerprint density at radius 1 is 1.30 bits per heavy atom. The van der Waals surface area contributed by atoms with E-state index in [1.54, 1.807) is 19.4 Å². The second kappa shape index (κ2) is 9.45. The van der Waals surface area contributed by atoms with Crippen molar-refractivity contribution in [1.82, 2.24) is 25.4 Å². The van der Waals surface area contributed by atoms with Crippen molar-refractivity contribution in [3.05, 3.63) is 42.4 Å². The summed E-state index contributed by atoms with van der Waals surface area (Å²) in [5.74, 6) is 1.42. The number of aromatic nitrogens is 3. The SMILES string of the molecule is CCOc1ncccc1CNC(=NC)NCCCn1cccn1.